The van der Waals surface area contributed by atoms with Crippen LogP contribution in [0.1, 0.15) is 44.4 Å². The molecule has 1 heterocycles. The molecule has 110 valence electrons. The molecule has 0 unspecified atom stereocenters. The van der Waals surface area contributed by atoms with Crippen LogP contribution in [0.3, 0.4) is 0 Å². The Balaban J connectivity index is 2.39. The van der Waals surface area contributed by atoms with E-state index in [0.717, 1.165) is 22.2 Å². The summed E-state index contributed by atoms with van der Waals surface area (Å²) in [5, 5.41) is 8.63. The number of hydrogen-bond donors (Lipinski definition) is 0. The van der Waals surface area contributed by atoms with Gasteiger partial charge in [-0.1, -0.05) is 23.3 Å². The number of nitrogens with zero attached hydrogens (tertiary/aromatic N) is 1. The quantitative estimate of drug-likeness (QED) is 0.618. The van der Waals surface area contributed by atoms with Crippen molar-refractivity contribution in [2.24, 2.45) is 0 Å². The molecule has 1 aliphatic heterocycles. The van der Waals surface area contributed by atoms with Gasteiger partial charge in [0.2, 0.25) is 0 Å². The summed E-state index contributed by atoms with van der Waals surface area (Å²) in [7, 11) is -0.344. The largest absolute Gasteiger partial charge is 0.495 e. The van der Waals surface area contributed by atoms with E-state index in [1.807, 2.05) is 12.1 Å². The van der Waals surface area contributed by atoms with Crippen molar-refractivity contribution in [3.05, 3.63) is 34.9 Å². The molecule has 4 heteroatoms. The van der Waals surface area contributed by atoms with Crippen molar-refractivity contribution in [2.75, 3.05) is 0 Å². The molecule has 1 aromatic carbocycles. The lowest BCUT2D eigenvalue weighted by molar-refractivity contribution is 0.00578. The van der Waals surface area contributed by atoms with Crippen LogP contribution in [0.2, 0.25) is 0 Å². The van der Waals surface area contributed by atoms with Crippen molar-refractivity contribution < 1.29 is 9.31 Å². The van der Waals surface area contributed by atoms with Crippen LogP contribution in [0.4, 0.5) is 0 Å². The van der Waals surface area contributed by atoms with Gasteiger partial charge in [0.15, 0.2) is 0 Å². The van der Waals surface area contributed by atoms with E-state index in [1.54, 1.807) is 0 Å². The average molecular weight is 283 g/mol. The van der Waals surface area contributed by atoms with Gasteiger partial charge in [-0.2, -0.15) is 5.26 Å². The van der Waals surface area contributed by atoms with Gasteiger partial charge in [-0.25, -0.2) is 0 Å². The Bertz CT molecular complexity index is 587. The summed E-state index contributed by atoms with van der Waals surface area (Å²) in [5.74, 6) is 0. The molecule has 0 aliphatic carbocycles. The topological polar surface area (TPSA) is 42.2 Å². The molecule has 0 bridgehead atoms. The maximum Gasteiger partial charge on any atom is 0.495 e. The van der Waals surface area contributed by atoms with Gasteiger partial charge in [-0.05, 0) is 58.6 Å². The molecule has 0 saturated carbocycles. The first-order chi connectivity index (χ1) is 9.68. The SMILES string of the molecule is Cc1cc(/C=C/C#N)cc(C)c1B1OC(C)(C)C(C)(C)O1. The van der Waals surface area contributed by atoms with E-state index in [1.165, 1.54) is 6.08 Å². The fraction of sp³-hybridized carbons (Fsp3) is 0.471. The van der Waals surface area contributed by atoms with Crippen LogP contribution < -0.4 is 5.46 Å². The number of allylic oxidation sites excluding steroid dienone is 1. The summed E-state index contributed by atoms with van der Waals surface area (Å²) in [6.07, 6.45) is 3.30. The number of aryl methyl sites for hydroxylation is 2. The summed E-state index contributed by atoms with van der Waals surface area (Å²) in [5.41, 5.74) is 3.66. The third kappa shape index (κ3) is 2.90. The summed E-state index contributed by atoms with van der Waals surface area (Å²) in [6.45, 7) is 12.3. The Morgan fingerprint density at radius 1 is 1.05 bits per heavy atom. The van der Waals surface area contributed by atoms with Crippen LogP contribution >= 0.6 is 0 Å². The predicted molar refractivity (Wildman–Crippen MR) is 86.3 cm³/mol. The van der Waals surface area contributed by atoms with E-state index >= 15 is 0 Å². The lowest BCUT2D eigenvalue weighted by Crippen LogP contribution is -2.41. The zero-order valence-corrected chi connectivity index (χ0v) is 13.7. The van der Waals surface area contributed by atoms with Crippen molar-refractivity contribution in [3.63, 3.8) is 0 Å². The Hall–Kier alpha value is -1.57. The minimum atomic E-state index is -0.344. The van der Waals surface area contributed by atoms with Gasteiger partial charge in [0, 0.05) is 6.08 Å². The molecule has 0 N–H and O–H groups in total. The molecule has 0 spiro atoms. The van der Waals surface area contributed by atoms with Crippen molar-refractivity contribution in [1.29, 1.82) is 5.26 Å². The Morgan fingerprint density at radius 2 is 1.52 bits per heavy atom. The maximum atomic E-state index is 8.63. The Labute approximate surface area is 127 Å². The number of benzene rings is 1. The van der Waals surface area contributed by atoms with Crippen LogP contribution in [0.15, 0.2) is 18.2 Å². The lowest BCUT2D eigenvalue weighted by Gasteiger charge is -2.32. The highest BCUT2D eigenvalue weighted by molar-refractivity contribution is 6.63. The molecule has 0 amide bonds. The molecule has 1 saturated heterocycles. The fourth-order valence-corrected chi connectivity index (χ4v) is 2.57. The van der Waals surface area contributed by atoms with E-state index in [9.17, 15) is 0 Å². The molecule has 2 rings (SSSR count). The lowest BCUT2D eigenvalue weighted by atomic mass is 9.73. The second kappa shape index (κ2) is 5.33. The van der Waals surface area contributed by atoms with Gasteiger partial charge in [0.1, 0.15) is 0 Å². The van der Waals surface area contributed by atoms with E-state index in [0.29, 0.717) is 0 Å². The Kier molecular flexibility index (Phi) is 4.01. The molecule has 1 aromatic rings. The summed E-state index contributed by atoms with van der Waals surface area (Å²) in [4.78, 5) is 0. The smallest absolute Gasteiger partial charge is 0.399 e. The summed E-state index contributed by atoms with van der Waals surface area (Å²) >= 11 is 0. The van der Waals surface area contributed by atoms with Crippen molar-refractivity contribution in [1.82, 2.24) is 0 Å². The van der Waals surface area contributed by atoms with E-state index in [4.69, 9.17) is 14.6 Å². The molecule has 0 atom stereocenters. The van der Waals surface area contributed by atoms with Gasteiger partial charge in [-0.15, -0.1) is 0 Å². The normalized spacial score (nSPS) is 20.0. The second-order valence-electron chi connectivity index (χ2n) is 6.62. The second-order valence-corrected chi connectivity index (χ2v) is 6.62. The first-order valence-electron chi connectivity index (χ1n) is 7.21. The molecule has 0 radical (unpaired) electrons. The van der Waals surface area contributed by atoms with E-state index in [2.05, 4.69) is 53.7 Å². The van der Waals surface area contributed by atoms with Gasteiger partial charge >= 0.3 is 7.12 Å². The van der Waals surface area contributed by atoms with Crippen LogP contribution in [0.25, 0.3) is 6.08 Å². The third-order valence-corrected chi connectivity index (χ3v) is 4.46. The summed E-state index contributed by atoms with van der Waals surface area (Å²) < 4.78 is 12.3. The zero-order valence-electron chi connectivity index (χ0n) is 13.7. The monoisotopic (exact) mass is 283 g/mol. The van der Waals surface area contributed by atoms with Gasteiger partial charge in [0.05, 0.1) is 17.3 Å². The highest BCUT2D eigenvalue weighted by atomic mass is 16.7. The van der Waals surface area contributed by atoms with Crippen LogP contribution in [-0.4, -0.2) is 18.3 Å². The highest BCUT2D eigenvalue weighted by Crippen LogP contribution is 2.37. The number of nitriles is 1. The maximum absolute atomic E-state index is 8.63. The molecule has 1 aliphatic rings. The Morgan fingerprint density at radius 3 is 1.95 bits per heavy atom. The highest BCUT2D eigenvalue weighted by Gasteiger charge is 2.52. The van der Waals surface area contributed by atoms with Crippen LogP contribution in [-0.2, 0) is 9.31 Å². The molecule has 0 aromatic heterocycles. The summed E-state index contributed by atoms with van der Waals surface area (Å²) in [6, 6.07) is 6.13. The van der Waals surface area contributed by atoms with Crippen molar-refractivity contribution in [3.8, 4) is 6.07 Å². The molecular formula is C17H22BNO2. The molecular weight excluding hydrogens is 261 g/mol. The zero-order chi connectivity index (χ0) is 15.8. The van der Waals surface area contributed by atoms with Crippen molar-refractivity contribution >= 4 is 18.7 Å². The van der Waals surface area contributed by atoms with Gasteiger partial charge in [0.25, 0.3) is 0 Å². The predicted octanol–water partition coefficient (Wildman–Crippen LogP) is 3.14. The minimum absolute atomic E-state index is 0.337. The van der Waals surface area contributed by atoms with Gasteiger partial charge in [-0.3, -0.25) is 0 Å². The standard InChI is InChI=1S/C17H22BNO2/c1-12-10-14(8-7-9-19)11-13(2)15(12)18-20-16(3,4)17(5,6)21-18/h7-8,10-11H,1-6H3/b8-7+. The third-order valence-electron chi connectivity index (χ3n) is 4.46. The van der Waals surface area contributed by atoms with E-state index in [-0.39, 0.29) is 18.3 Å². The number of rotatable bonds is 2. The van der Waals surface area contributed by atoms with Crippen LogP contribution in [0.5, 0.6) is 0 Å². The van der Waals surface area contributed by atoms with Crippen LogP contribution in [0, 0.1) is 25.2 Å². The molecule has 21 heavy (non-hydrogen) atoms. The van der Waals surface area contributed by atoms with Gasteiger partial charge < -0.3 is 9.31 Å². The first-order valence-corrected chi connectivity index (χ1v) is 7.21. The number of hydrogen-bond acceptors (Lipinski definition) is 3. The minimum Gasteiger partial charge on any atom is -0.399 e. The average Bonchev–Trinajstić information content (AvgIpc) is 2.54. The fourth-order valence-electron chi connectivity index (χ4n) is 2.57. The first kappa shape index (κ1) is 15.8. The molecule has 1 fully saturated rings. The van der Waals surface area contributed by atoms with Crippen molar-refractivity contribution in [2.45, 2.75) is 52.7 Å². The molecule has 3 nitrogen and oxygen atoms in total. The van der Waals surface area contributed by atoms with E-state index < -0.39 is 0 Å².